The Hall–Kier alpha value is -2.43. The second kappa shape index (κ2) is 10.3. The molecule has 3 rings (SSSR count). The summed E-state index contributed by atoms with van der Waals surface area (Å²) in [5, 5.41) is 10.0. The molecule has 0 spiro atoms. The van der Waals surface area contributed by atoms with Crippen LogP contribution in [0.4, 0.5) is 0 Å². The minimum atomic E-state index is -3.19. The van der Waals surface area contributed by atoms with Gasteiger partial charge in [0.15, 0.2) is 6.23 Å². The number of rotatable bonds is 7. The Kier molecular flexibility index (Phi) is 7.69. The predicted molar refractivity (Wildman–Crippen MR) is 114 cm³/mol. The van der Waals surface area contributed by atoms with Gasteiger partial charge in [-0.25, -0.2) is 9.36 Å². The third-order valence-electron chi connectivity index (χ3n) is 4.56. The van der Waals surface area contributed by atoms with Crippen LogP contribution in [0.15, 0.2) is 64.5 Å². The topological polar surface area (TPSA) is 137 Å². The molecule has 12 heteroatoms. The van der Waals surface area contributed by atoms with Gasteiger partial charge in [0.05, 0.1) is 11.5 Å². The third kappa shape index (κ3) is 5.08. The largest absolute Gasteiger partial charge is 0.435 e. The van der Waals surface area contributed by atoms with Crippen LogP contribution >= 0.6 is 20.0 Å². The molecular formula is C19H21N2O8PS. The fourth-order valence-electron chi connectivity index (χ4n) is 3.19. The lowest BCUT2D eigenvalue weighted by atomic mass is 10.1. The van der Waals surface area contributed by atoms with Crippen molar-refractivity contribution in [3.63, 3.8) is 0 Å². The van der Waals surface area contributed by atoms with E-state index in [1.54, 1.807) is 18.2 Å². The maximum Gasteiger partial charge on any atom is 0.364 e. The SMILES string of the molecule is CCS[C@@H]1[C@H](O)[C@@H](/C=C/O[PH](=O)O)O[C@H]1n1ccc(=O)n(C(=O)c2ccccc2)c1=O. The van der Waals surface area contributed by atoms with Crippen molar-refractivity contribution in [1.82, 2.24) is 9.13 Å². The molecule has 1 unspecified atom stereocenters. The summed E-state index contributed by atoms with van der Waals surface area (Å²) >= 11 is 1.33. The Morgan fingerprint density at radius 3 is 2.65 bits per heavy atom. The zero-order valence-corrected chi connectivity index (χ0v) is 18.2. The van der Waals surface area contributed by atoms with Crippen LogP contribution in [-0.4, -0.2) is 48.3 Å². The van der Waals surface area contributed by atoms with Gasteiger partial charge in [-0.3, -0.25) is 14.2 Å². The summed E-state index contributed by atoms with van der Waals surface area (Å²) in [7, 11) is -3.19. The van der Waals surface area contributed by atoms with E-state index in [2.05, 4.69) is 4.52 Å². The quantitative estimate of drug-likeness (QED) is 0.450. The minimum Gasteiger partial charge on any atom is -0.435 e. The fourth-order valence-corrected chi connectivity index (χ4v) is 4.48. The van der Waals surface area contributed by atoms with Gasteiger partial charge < -0.3 is 19.3 Å². The number of aliphatic hydroxyl groups excluding tert-OH is 1. The number of hydrogen-bond donors (Lipinski definition) is 2. The van der Waals surface area contributed by atoms with E-state index >= 15 is 0 Å². The van der Waals surface area contributed by atoms with Crippen LogP contribution in [0.5, 0.6) is 0 Å². The van der Waals surface area contributed by atoms with Gasteiger partial charge in [-0.05, 0) is 24.0 Å². The van der Waals surface area contributed by atoms with Gasteiger partial charge in [0.25, 0.3) is 11.5 Å². The molecule has 1 fully saturated rings. The molecule has 0 bridgehead atoms. The number of carbonyl (C=O) groups is 1. The zero-order chi connectivity index (χ0) is 22.5. The molecule has 0 saturated carbocycles. The molecule has 0 aliphatic carbocycles. The van der Waals surface area contributed by atoms with Crippen LogP contribution in [-0.2, 0) is 13.8 Å². The maximum atomic E-state index is 13.1. The highest BCUT2D eigenvalue weighted by Gasteiger charge is 2.44. The Bertz CT molecular complexity index is 1100. The summed E-state index contributed by atoms with van der Waals surface area (Å²) in [5.41, 5.74) is -1.52. The molecule has 1 aromatic carbocycles. The number of nitrogens with zero attached hydrogens (tertiary/aromatic N) is 2. The van der Waals surface area contributed by atoms with Crippen molar-refractivity contribution >= 4 is 25.9 Å². The standard InChI is InChI=1S/C19H21N2O8PS/c1-2-31-16-15(23)13(9-11-28-30(26)27)29-18(16)20-10-8-14(22)21(19(20)25)17(24)12-6-4-3-5-7-12/h3-11,13,15-16,18,23,30H,2H2,1H3,(H,26,27)/b11-9+/t13-,15-,16-,18-/m1/s1. The Balaban J connectivity index is 1.99. The molecule has 166 valence electrons. The van der Waals surface area contributed by atoms with Crippen molar-refractivity contribution in [3.05, 3.63) is 81.3 Å². The molecule has 2 aromatic rings. The highest BCUT2D eigenvalue weighted by atomic mass is 32.2. The molecule has 2 N–H and O–H groups in total. The first kappa shape index (κ1) is 23.2. The van der Waals surface area contributed by atoms with Gasteiger partial charge in [-0.1, -0.05) is 25.1 Å². The first-order chi connectivity index (χ1) is 14.8. The molecule has 1 aliphatic heterocycles. The molecular weight excluding hydrogens is 447 g/mol. The van der Waals surface area contributed by atoms with E-state index in [9.17, 15) is 24.1 Å². The van der Waals surface area contributed by atoms with E-state index in [1.807, 2.05) is 6.92 Å². The predicted octanol–water partition coefficient (Wildman–Crippen LogP) is 0.991. The average Bonchev–Trinajstić information content (AvgIpc) is 3.04. The third-order valence-corrected chi connectivity index (χ3v) is 6.12. The van der Waals surface area contributed by atoms with E-state index in [-0.39, 0.29) is 5.56 Å². The summed E-state index contributed by atoms with van der Waals surface area (Å²) in [6.45, 7) is 1.86. The van der Waals surface area contributed by atoms with E-state index in [0.29, 0.717) is 10.3 Å². The fraction of sp³-hybridized carbons (Fsp3) is 0.316. The second-order valence-corrected chi connectivity index (χ2v) is 8.69. The van der Waals surface area contributed by atoms with Crippen molar-refractivity contribution in [2.45, 2.75) is 30.6 Å². The number of ether oxygens (including phenoxy) is 1. The molecule has 1 aromatic heterocycles. The van der Waals surface area contributed by atoms with Crippen molar-refractivity contribution in [2.24, 2.45) is 0 Å². The molecule has 1 aliphatic rings. The molecule has 0 amide bonds. The van der Waals surface area contributed by atoms with Crippen LogP contribution in [0.1, 0.15) is 23.5 Å². The summed E-state index contributed by atoms with van der Waals surface area (Å²) < 4.78 is 22.6. The van der Waals surface area contributed by atoms with Gasteiger partial charge in [0, 0.05) is 17.8 Å². The first-order valence-electron chi connectivity index (χ1n) is 9.30. The highest BCUT2D eigenvalue weighted by Crippen LogP contribution is 2.37. The van der Waals surface area contributed by atoms with Crippen molar-refractivity contribution in [1.29, 1.82) is 0 Å². The van der Waals surface area contributed by atoms with Gasteiger partial charge >= 0.3 is 13.9 Å². The van der Waals surface area contributed by atoms with Gasteiger partial charge in [0.2, 0.25) is 0 Å². The number of aliphatic hydroxyl groups is 1. The van der Waals surface area contributed by atoms with Crippen LogP contribution in [0, 0.1) is 0 Å². The smallest absolute Gasteiger partial charge is 0.364 e. The molecule has 0 radical (unpaired) electrons. The lowest BCUT2D eigenvalue weighted by Gasteiger charge is -2.21. The van der Waals surface area contributed by atoms with E-state index < -0.39 is 49.1 Å². The average molecular weight is 468 g/mol. The van der Waals surface area contributed by atoms with Crippen LogP contribution < -0.4 is 11.2 Å². The van der Waals surface area contributed by atoms with Crippen molar-refractivity contribution in [2.75, 3.05) is 5.75 Å². The van der Waals surface area contributed by atoms with E-state index in [1.165, 1.54) is 36.2 Å². The molecule has 5 atom stereocenters. The van der Waals surface area contributed by atoms with E-state index in [0.717, 1.165) is 16.9 Å². The van der Waals surface area contributed by atoms with Crippen LogP contribution in [0.2, 0.25) is 0 Å². The van der Waals surface area contributed by atoms with Crippen LogP contribution in [0.3, 0.4) is 0 Å². The van der Waals surface area contributed by atoms with Gasteiger partial charge in [-0.2, -0.15) is 16.3 Å². The summed E-state index contributed by atoms with van der Waals surface area (Å²) in [4.78, 5) is 46.9. The highest BCUT2D eigenvalue weighted by molar-refractivity contribution is 7.99. The van der Waals surface area contributed by atoms with Crippen LogP contribution in [0.25, 0.3) is 0 Å². The Morgan fingerprint density at radius 2 is 2.00 bits per heavy atom. The summed E-state index contributed by atoms with van der Waals surface area (Å²) in [6, 6.07) is 8.99. The normalized spacial score (nSPS) is 24.4. The number of thioether (sulfide) groups is 1. The number of hydrogen-bond acceptors (Lipinski definition) is 8. The van der Waals surface area contributed by atoms with Crippen molar-refractivity contribution in [3.8, 4) is 0 Å². The second-order valence-electron chi connectivity index (χ2n) is 6.46. The minimum absolute atomic E-state index is 0.170. The van der Waals surface area contributed by atoms with Crippen molar-refractivity contribution < 1.29 is 28.6 Å². The zero-order valence-electron chi connectivity index (χ0n) is 16.4. The molecule has 1 saturated heterocycles. The first-order valence-corrected chi connectivity index (χ1v) is 11.6. The van der Waals surface area contributed by atoms with Gasteiger partial charge in [0.1, 0.15) is 12.2 Å². The summed E-state index contributed by atoms with van der Waals surface area (Å²) in [6.07, 6.45) is 0.426. The molecule has 10 nitrogen and oxygen atoms in total. The van der Waals surface area contributed by atoms with E-state index in [4.69, 9.17) is 9.63 Å². The number of benzene rings is 1. The molecule has 2 heterocycles. The maximum absolute atomic E-state index is 13.1. The number of aromatic nitrogens is 2. The van der Waals surface area contributed by atoms with Gasteiger partial charge in [-0.15, -0.1) is 0 Å². The monoisotopic (exact) mass is 468 g/mol. The summed E-state index contributed by atoms with van der Waals surface area (Å²) in [5.74, 6) is -0.183. The lowest BCUT2D eigenvalue weighted by Crippen LogP contribution is -2.45. The number of carbonyl (C=O) groups excluding carboxylic acids is 1. The lowest BCUT2D eigenvalue weighted by molar-refractivity contribution is 0.00415. The Morgan fingerprint density at radius 1 is 1.29 bits per heavy atom. The molecule has 31 heavy (non-hydrogen) atoms. The Labute approximate surface area is 181 Å².